The molecule has 0 saturated carbocycles. The van der Waals surface area contributed by atoms with Crippen LogP contribution in [0.25, 0.3) is 5.95 Å². The predicted octanol–water partition coefficient (Wildman–Crippen LogP) is 1.62. The highest BCUT2D eigenvalue weighted by atomic mass is 35.5. The summed E-state index contributed by atoms with van der Waals surface area (Å²) in [6.45, 7) is 0. The molecule has 3 rings (SSSR count). The van der Waals surface area contributed by atoms with E-state index < -0.39 is 5.82 Å². The zero-order chi connectivity index (χ0) is 14.8. The topological polar surface area (TPSA) is 105 Å². The monoisotopic (exact) mass is 307 g/mol. The second-order valence-electron chi connectivity index (χ2n) is 3.77. The molecule has 0 radical (unpaired) electrons. The minimum Gasteiger partial charge on any atom is -0.421 e. The summed E-state index contributed by atoms with van der Waals surface area (Å²) in [6, 6.07) is 4.13. The molecule has 0 aliphatic heterocycles. The van der Waals surface area contributed by atoms with Gasteiger partial charge in [-0.15, -0.1) is 0 Å². The van der Waals surface area contributed by atoms with Crippen molar-refractivity contribution in [2.45, 2.75) is 0 Å². The SMILES string of the molecule is Nc1nc(Oc2cccc(Cl)c2F)nc(-n2cncn2)n1. The molecule has 0 saturated heterocycles. The summed E-state index contributed by atoms with van der Waals surface area (Å²) in [4.78, 5) is 15.4. The van der Waals surface area contributed by atoms with Gasteiger partial charge in [0.2, 0.25) is 5.95 Å². The van der Waals surface area contributed by atoms with Gasteiger partial charge in [0.1, 0.15) is 12.7 Å². The lowest BCUT2D eigenvalue weighted by atomic mass is 10.3. The Hall–Kier alpha value is -2.81. The zero-order valence-electron chi connectivity index (χ0n) is 10.3. The molecule has 0 unspecified atom stereocenters. The molecule has 8 nitrogen and oxygen atoms in total. The van der Waals surface area contributed by atoms with Gasteiger partial charge in [0.05, 0.1) is 5.02 Å². The van der Waals surface area contributed by atoms with E-state index in [1.165, 1.54) is 35.5 Å². The molecule has 0 aliphatic rings. The van der Waals surface area contributed by atoms with Gasteiger partial charge in [0.25, 0.3) is 5.95 Å². The molecule has 2 aromatic heterocycles. The van der Waals surface area contributed by atoms with E-state index in [0.717, 1.165) is 0 Å². The van der Waals surface area contributed by atoms with Crippen LogP contribution >= 0.6 is 11.6 Å². The van der Waals surface area contributed by atoms with Gasteiger partial charge in [-0.05, 0) is 12.1 Å². The molecule has 0 amide bonds. The third-order valence-electron chi connectivity index (χ3n) is 2.36. The molecule has 0 aliphatic carbocycles. The van der Waals surface area contributed by atoms with Crippen LogP contribution in [-0.4, -0.2) is 29.7 Å². The molecule has 106 valence electrons. The number of nitrogen functional groups attached to an aromatic ring is 1. The Bertz CT molecular complexity index is 780. The fraction of sp³-hybridized carbons (Fsp3) is 0. The van der Waals surface area contributed by atoms with Crippen LogP contribution in [0.4, 0.5) is 10.3 Å². The van der Waals surface area contributed by atoms with E-state index in [1.807, 2.05) is 0 Å². The maximum atomic E-state index is 13.8. The summed E-state index contributed by atoms with van der Waals surface area (Å²) in [5.74, 6) is -0.858. The van der Waals surface area contributed by atoms with E-state index in [1.54, 1.807) is 0 Å². The third kappa shape index (κ3) is 2.72. The minimum absolute atomic E-state index is 0.0778. The van der Waals surface area contributed by atoms with Crippen molar-refractivity contribution in [3.8, 4) is 17.7 Å². The van der Waals surface area contributed by atoms with E-state index in [4.69, 9.17) is 22.1 Å². The van der Waals surface area contributed by atoms with Crippen LogP contribution in [0.1, 0.15) is 0 Å². The average Bonchev–Trinajstić information content (AvgIpc) is 2.97. The molecule has 3 aromatic rings. The molecular weight excluding hydrogens is 301 g/mol. The lowest BCUT2D eigenvalue weighted by Crippen LogP contribution is -2.08. The molecular formula is C11H7ClFN7O. The first kappa shape index (κ1) is 13.2. The molecule has 10 heteroatoms. The number of anilines is 1. The van der Waals surface area contributed by atoms with Crippen molar-refractivity contribution >= 4 is 17.5 Å². The summed E-state index contributed by atoms with van der Waals surface area (Å²) in [5.41, 5.74) is 5.56. The maximum absolute atomic E-state index is 13.8. The summed E-state index contributed by atoms with van der Waals surface area (Å²) < 4.78 is 20.3. The number of aromatic nitrogens is 6. The van der Waals surface area contributed by atoms with Crippen molar-refractivity contribution in [3.63, 3.8) is 0 Å². The largest absolute Gasteiger partial charge is 0.421 e. The van der Waals surface area contributed by atoms with Crippen molar-refractivity contribution in [1.82, 2.24) is 29.7 Å². The summed E-state index contributed by atoms with van der Waals surface area (Å²) in [5, 5.41) is 3.78. The van der Waals surface area contributed by atoms with Gasteiger partial charge in [0.15, 0.2) is 11.6 Å². The lowest BCUT2D eigenvalue weighted by molar-refractivity contribution is 0.409. The molecule has 0 bridgehead atoms. The third-order valence-corrected chi connectivity index (χ3v) is 2.65. The van der Waals surface area contributed by atoms with Crippen molar-refractivity contribution in [3.05, 3.63) is 41.7 Å². The first-order valence-corrected chi connectivity index (χ1v) is 5.99. The maximum Gasteiger partial charge on any atom is 0.328 e. The van der Waals surface area contributed by atoms with Crippen LogP contribution in [0.5, 0.6) is 11.8 Å². The summed E-state index contributed by atoms with van der Waals surface area (Å²) in [7, 11) is 0. The second-order valence-corrected chi connectivity index (χ2v) is 4.18. The van der Waals surface area contributed by atoms with Crippen LogP contribution in [0, 0.1) is 5.82 Å². The number of ether oxygens (including phenoxy) is 1. The molecule has 0 atom stereocenters. The first-order chi connectivity index (χ1) is 10.1. The van der Waals surface area contributed by atoms with Crippen molar-refractivity contribution < 1.29 is 9.13 Å². The normalized spacial score (nSPS) is 10.6. The Morgan fingerprint density at radius 2 is 2.10 bits per heavy atom. The zero-order valence-corrected chi connectivity index (χ0v) is 11.1. The number of hydrogen-bond donors (Lipinski definition) is 1. The van der Waals surface area contributed by atoms with Gasteiger partial charge in [-0.25, -0.2) is 9.37 Å². The van der Waals surface area contributed by atoms with E-state index >= 15 is 0 Å². The summed E-state index contributed by atoms with van der Waals surface area (Å²) >= 11 is 5.67. The number of nitrogens with two attached hydrogens (primary N) is 1. The van der Waals surface area contributed by atoms with Crippen molar-refractivity contribution in [2.75, 3.05) is 5.73 Å². The molecule has 2 heterocycles. The fourth-order valence-corrected chi connectivity index (χ4v) is 1.65. The quantitative estimate of drug-likeness (QED) is 0.783. The van der Waals surface area contributed by atoms with E-state index in [-0.39, 0.29) is 28.7 Å². The van der Waals surface area contributed by atoms with Gasteiger partial charge >= 0.3 is 6.01 Å². The van der Waals surface area contributed by atoms with Crippen LogP contribution in [-0.2, 0) is 0 Å². The minimum atomic E-state index is -0.722. The Kier molecular flexibility index (Phi) is 3.32. The average molecular weight is 308 g/mol. The summed E-state index contributed by atoms with van der Waals surface area (Å²) in [6.07, 6.45) is 2.68. The number of hydrogen-bond acceptors (Lipinski definition) is 7. The number of benzene rings is 1. The number of rotatable bonds is 3. The van der Waals surface area contributed by atoms with Gasteiger partial charge in [-0.3, -0.25) is 0 Å². The highest BCUT2D eigenvalue weighted by molar-refractivity contribution is 6.30. The van der Waals surface area contributed by atoms with E-state index in [2.05, 4.69) is 25.0 Å². The van der Waals surface area contributed by atoms with Gasteiger partial charge in [-0.2, -0.15) is 24.7 Å². The molecule has 21 heavy (non-hydrogen) atoms. The van der Waals surface area contributed by atoms with E-state index in [0.29, 0.717) is 0 Å². The fourth-order valence-electron chi connectivity index (χ4n) is 1.48. The van der Waals surface area contributed by atoms with Crippen LogP contribution in [0.2, 0.25) is 5.02 Å². The Labute approximate surface area is 122 Å². The molecule has 0 fully saturated rings. The predicted molar refractivity (Wildman–Crippen MR) is 70.6 cm³/mol. The second kappa shape index (κ2) is 5.29. The number of nitrogens with zero attached hydrogens (tertiary/aromatic N) is 6. The Morgan fingerprint density at radius 3 is 2.86 bits per heavy atom. The van der Waals surface area contributed by atoms with Crippen LogP contribution in [0.15, 0.2) is 30.9 Å². The van der Waals surface area contributed by atoms with Crippen molar-refractivity contribution in [2.24, 2.45) is 0 Å². The van der Waals surface area contributed by atoms with Gasteiger partial charge < -0.3 is 10.5 Å². The van der Waals surface area contributed by atoms with Gasteiger partial charge in [-0.1, -0.05) is 17.7 Å². The van der Waals surface area contributed by atoms with Crippen LogP contribution < -0.4 is 10.5 Å². The van der Waals surface area contributed by atoms with E-state index in [9.17, 15) is 4.39 Å². The first-order valence-electron chi connectivity index (χ1n) is 5.62. The molecule has 1 aromatic carbocycles. The molecule has 0 spiro atoms. The molecule has 2 N–H and O–H groups in total. The van der Waals surface area contributed by atoms with Crippen LogP contribution in [0.3, 0.4) is 0 Å². The Morgan fingerprint density at radius 1 is 1.24 bits per heavy atom. The van der Waals surface area contributed by atoms with Crippen molar-refractivity contribution in [1.29, 1.82) is 0 Å². The highest BCUT2D eigenvalue weighted by Crippen LogP contribution is 2.27. The Balaban J connectivity index is 1.98. The van der Waals surface area contributed by atoms with Gasteiger partial charge in [0, 0.05) is 0 Å². The highest BCUT2D eigenvalue weighted by Gasteiger charge is 2.13. The number of halogens is 2. The smallest absolute Gasteiger partial charge is 0.328 e. The lowest BCUT2D eigenvalue weighted by Gasteiger charge is -2.07. The standard InChI is InChI=1S/C11H7ClFN7O/c12-6-2-1-3-7(8(6)13)21-11-18-9(14)17-10(19-11)20-5-15-4-16-20/h1-5H,(H2,14,17,18,19).